The third-order valence-corrected chi connectivity index (χ3v) is 8.43. The predicted molar refractivity (Wildman–Crippen MR) is 127 cm³/mol. The lowest BCUT2D eigenvalue weighted by Crippen LogP contribution is -2.48. The van der Waals surface area contributed by atoms with E-state index in [2.05, 4.69) is 4.90 Å². The van der Waals surface area contributed by atoms with E-state index in [9.17, 15) is 8.42 Å². The van der Waals surface area contributed by atoms with Crippen LogP contribution < -0.4 is 14.4 Å². The van der Waals surface area contributed by atoms with Gasteiger partial charge in [-0.1, -0.05) is 23.7 Å². The van der Waals surface area contributed by atoms with E-state index in [0.29, 0.717) is 37.6 Å². The SMILES string of the molecule is COc1ccc(Cc2csc(N3CCN(S(=O)(=O)c4cccc(Cl)c4)CC3)n2)c(OC)c1. The number of sulfonamides is 1. The normalized spacial score (nSPS) is 15.0. The molecule has 0 spiro atoms. The maximum absolute atomic E-state index is 12.9. The van der Waals surface area contributed by atoms with Crippen LogP contribution in [0.25, 0.3) is 0 Å². The van der Waals surface area contributed by atoms with E-state index in [1.54, 1.807) is 43.8 Å². The molecule has 170 valence electrons. The van der Waals surface area contributed by atoms with Gasteiger partial charge in [0.25, 0.3) is 0 Å². The van der Waals surface area contributed by atoms with Crippen molar-refractivity contribution >= 4 is 38.1 Å². The summed E-state index contributed by atoms with van der Waals surface area (Å²) >= 11 is 7.54. The molecule has 0 aliphatic carbocycles. The van der Waals surface area contributed by atoms with Crippen LogP contribution in [-0.2, 0) is 16.4 Å². The van der Waals surface area contributed by atoms with Crippen LogP contribution in [0.15, 0.2) is 52.7 Å². The van der Waals surface area contributed by atoms with E-state index in [-0.39, 0.29) is 4.90 Å². The highest BCUT2D eigenvalue weighted by atomic mass is 35.5. The fraction of sp³-hybridized carbons (Fsp3) is 0.318. The molecule has 2 heterocycles. The van der Waals surface area contributed by atoms with Crippen molar-refractivity contribution in [3.05, 3.63) is 64.1 Å². The Bertz CT molecular complexity index is 1190. The maximum Gasteiger partial charge on any atom is 0.243 e. The van der Waals surface area contributed by atoms with Crippen LogP contribution in [0.4, 0.5) is 5.13 Å². The average molecular weight is 494 g/mol. The van der Waals surface area contributed by atoms with Gasteiger partial charge in [-0.3, -0.25) is 0 Å². The molecule has 1 fully saturated rings. The van der Waals surface area contributed by atoms with Crippen LogP contribution in [0, 0.1) is 0 Å². The molecule has 0 bridgehead atoms. The van der Waals surface area contributed by atoms with Gasteiger partial charge in [0, 0.05) is 54.6 Å². The number of anilines is 1. The van der Waals surface area contributed by atoms with E-state index < -0.39 is 10.0 Å². The Morgan fingerprint density at radius 2 is 1.84 bits per heavy atom. The fourth-order valence-corrected chi connectivity index (χ4v) is 6.21. The molecule has 1 aliphatic heterocycles. The molecule has 7 nitrogen and oxygen atoms in total. The number of methoxy groups -OCH3 is 2. The highest BCUT2D eigenvalue weighted by Gasteiger charge is 2.29. The largest absolute Gasteiger partial charge is 0.497 e. The Balaban J connectivity index is 1.41. The van der Waals surface area contributed by atoms with Crippen molar-refractivity contribution in [2.24, 2.45) is 0 Å². The molecular weight excluding hydrogens is 470 g/mol. The third-order valence-electron chi connectivity index (χ3n) is 5.35. The van der Waals surface area contributed by atoms with Crippen LogP contribution in [0.2, 0.25) is 5.02 Å². The number of hydrogen-bond donors (Lipinski definition) is 0. The highest BCUT2D eigenvalue weighted by molar-refractivity contribution is 7.89. The second-order valence-corrected chi connectivity index (χ2v) is 10.5. The molecule has 32 heavy (non-hydrogen) atoms. The van der Waals surface area contributed by atoms with E-state index in [1.807, 2.05) is 23.6 Å². The molecular formula is C22H24ClN3O4S2. The Morgan fingerprint density at radius 3 is 2.53 bits per heavy atom. The second kappa shape index (κ2) is 9.66. The number of aromatic nitrogens is 1. The molecule has 0 atom stereocenters. The molecule has 1 aromatic heterocycles. The van der Waals surface area contributed by atoms with Crippen molar-refractivity contribution in [3.63, 3.8) is 0 Å². The van der Waals surface area contributed by atoms with E-state index in [0.717, 1.165) is 27.9 Å². The molecule has 0 N–H and O–H groups in total. The van der Waals surface area contributed by atoms with E-state index in [4.69, 9.17) is 26.1 Å². The minimum Gasteiger partial charge on any atom is -0.497 e. The number of halogens is 1. The Kier molecular flexibility index (Phi) is 6.90. The van der Waals surface area contributed by atoms with Crippen LogP contribution >= 0.6 is 22.9 Å². The topological polar surface area (TPSA) is 72.0 Å². The number of piperazine rings is 1. The monoisotopic (exact) mass is 493 g/mol. The highest BCUT2D eigenvalue weighted by Crippen LogP contribution is 2.29. The smallest absolute Gasteiger partial charge is 0.243 e. The predicted octanol–water partition coefficient (Wildman–Crippen LogP) is 3.92. The minimum absolute atomic E-state index is 0.225. The summed E-state index contributed by atoms with van der Waals surface area (Å²) in [5.41, 5.74) is 1.98. The number of ether oxygens (including phenoxy) is 2. The van der Waals surface area contributed by atoms with Gasteiger partial charge in [0.1, 0.15) is 11.5 Å². The molecule has 4 rings (SSSR count). The molecule has 0 saturated carbocycles. The summed E-state index contributed by atoms with van der Waals surface area (Å²) in [6.45, 7) is 1.96. The zero-order valence-electron chi connectivity index (χ0n) is 17.8. The summed E-state index contributed by atoms with van der Waals surface area (Å²) in [5, 5.41) is 3.34. The van der Waals surface area contributed by atoms with Crippen molar-refractivity contribution in [2.45, 2.75) is 11.3 Å². The van der Waals surface area contributed by atoms with Crippen LogP contribution in [0.3, 0.4) is 0 Å². The summed E-state index contributed by atoms with van der Waals surface area (Å²) in [6, 6.07) is 12.1. The standard InChI is InChI=1S/C22H24ClN3O4S2/c1-29-19-7-6-16(21(14-19)30-2)12-18-15-31-22(24-18)25-8-10-26(11-9-25)32(27,28)20-5-3-4-17(23)13-20/h3-7,13-15H,8-12H2,1-2H3. The fourth-order valence-electron chi connectivity index (χ4n) is 3.61. The number of benzene rings is 2. The van der Waals surface area contributed by atoms with E-state index >= 15 is 0 Å². The lowest BCUT2D eigenvalue weighted by Gasteiger charge is -2.33. The minimum atomic E-state index is -3.56. The summed E-state index contributed by atoms with van der Waals surface area (Å²) in [5.74, 6) is 1.51. The van der Waals surface area contributed by atoms with Crippen molar-refractivity contribution in [1.29, 1.82) is 0 Å². The molecule has 10 heteroatoms. The Morgan fingerprint density at radius 1 is 1.06 bits per heavy atom. The first-order valence-electron chi connectivity index (χ1n) is 10.1. The van der Waals surface area contributed by atoms with Crippen molar-refractivity contribution < 1.29 is 17.9 Å². The first-order valence-corrected chi connectivity index (χ1v) is 12.8. The van der Waals surface area contributed by atoms with Gasteiger partial charge in [-0.05, 0) is 24.3 Å². The zero-order chi connectivity index (χ0) is 22.7. The Labute approximate surface area is 197 Å². The molecule has 0 radical (unpaired) electrons. The van der Waals surface area contributed by atoms with Crippen LogP contribution in [-0.4, -0.2) is 58.1 Å². The lowest BCUT2D eigenvalue weighted by atomic mass is 10.1. The molecule has 3 aromatic rings. The second-order valence-electron chi connectivity index (χ2n) is 7.32. The quantitative estimate of drug-likeness (QED) is 0.497. The maximum atomic E-state index is 12.9. The van der Waals surface area contributed by atoms with Gasteiger partial charge in [-0.25, -0.2) is 13.4 Å². The van der Waals surface area contributed by atoms with Crippen molar-refractivity contribution in [3.8, 4) is 11.5 Å². The molecule has 1 saturated heterocycles. The molecule has 0 amide bonds. The number of thiazole rings is 1. The van der Waals surface area contributed by atoms with Crippen LogP contribution in [0.1, 0.15) is 11.3 Å². The van der Waals surface area contributed by atoms with Gasteiger partial charge in [0.2, 0.25) is 10.0 Å². The lowest BCUT2D eigenvalue weighted by molar-refractivity contribution is 0.384. The van der Waals surface area contributed by atoms with Crippen molar-refractivity contribution in [1.82, 2.24) is 9.29 Å². The zero-order valence-corrected chi connectivity index (χ0v) is 20.2. The van der Waals surface area contributed by atoms with Gasteiger partial charge >= 0.3 is 0 Å². The summed E-state index contributed by atoms with van der Waals surface area (Å²) in [7, 11) is -0.291. The van der Waals surface area contributed by atoms with Gasteiger partial charge in [0.15, 0.2) is 5.13 Å². The molecule has 0 unspecified atom stereocenters. The first-order chi connectivity index (χ1) is 15.4. The Hall–Kier alpha value is -2.33. The average Bonchev–Trinajstić information content (AvgIpc) is 3.28. The van der Waals surface area contributed by atoms with Gasteiger partial charge in [-0.15, -0.1) is 11.3 Å². The summed E-state index contributed by atoms with van der Waals surface area (Å²) < 4.78 is 38.1. The van der Waals surface area contributed by atoms with E-state index in [1.165, 1.54) is 10.4 Å². The summed E-state index contributed by atoms with van der Waals surface area (Å²) in [4.78, 5) is 7.13. The number of hydrogen-bond acceptors (Lipinski definition) is 7. The van der Waals surface area contributed by atoms with Gasteiger partial charge in [-0.2, -0.15) is 4.31 Å². The number of nitrogens with zero attached hydrogens (tertiary/aromatic N) is 3. The van der Waals surface area contributed by atoms with Gasteiger partial charge in [0.05, 0.1) is 24.8 Å². The first kappa shape index (κ1) is 22.8. The molecule has 2 aromatic carbocycles. The van der Waals surface area contributed by atoms with Crippen molar-refractivity contribution in [2.75, 3.05) is 45.3 Å². The van der Waals surface area contributed by atoms with Gasteiger partial charge < -0.3 is 14.4 Å². The number of rotatable bonds is 7. The molecule has 1 aliphatic rings. The summed E-state index contributed by atoms with van der Waals surface area (Å²) in [6.07, 6.45) is 0.646. The third kappa shape index (κ3) is 4.85. The van der Waals surface area contributed by atoms with Crippen LogP contribution in [0.5, 0.6) is 11.5 Å².